The summed E-state index contributed by atoms with van der Waals surface area (Å²) < 4.78 is 5.50. The first-order valence-electron chi connectivity index (χ1n) is 6.79. The van der Waals surface area contributed by atoms with E-state index in [0.29, 0.717) is 0 Å². The van der Waals surface area contributed by atoms with Crippen molar-refractivity contribution >= 4 is 5.91 Å². The molecule has 0 aliphatic heterocycles. The molecule has 1 fully saturated rings. The van der Waals surface area contributed by atoms with Gasteiger partial charge < -0.3 is 4.74 Å². The minimum Gasteiger partial charge on any atom is -0.483 e. The third-order valence-electron chi connectivity index (χ3n) is 3.34. The molecule has 2 rings (SSSR count). The van der Waals surface area contributed by atoms with Crippen molar-refractivity contribution in [1.82, 2.24) is 5.48 Å². The van der Waals surface area contributed by atoms with Crippen LogP contribution in [-0.2, 0) is 9.63 Å². The van der Waals surface area contributed by atoms with E-state index in [4.69, 9.17) is 9.57 Å². The number of hydrogen-bond acceptors (Lipinski definition) is 3. The van der Waals surface area contributed by atoms with Crippen LogP contribution in [0, 0.1) is 13.8 Å². The molecule has 0 radical (unpaired) electrons. The van der Waals surface area contributed by atoms with Gasteiger partial charge in [-0.1, -0.05) is 25.0 Å². The SMILES string of the molecule is Cc1ccc(C)c(OCC(=O)NOC2CCCC2)c1. The van der Waals surface area contributed by atoms with Gasteiger partial charge in [-0.05, 0) is 43.9 Å². The summed E-state index contributed by atoms with van der Waals surface area (Å²) in [4.78, 5) is 16.9. The standard InChI is InChI=1S/C15H21NO3/c1-11-7-8-12(2)14(9-11)18-10-15(17)16-19-13-5-3-4-6-13/h7-9,13H,3-6,10H2,1-2H3,(H,16,17). The molecule has 0 unspecified atom stereocenters. The van der Waals surface area contributed by atoms with Crippen molar-refractivity contribution < 1.29 is 14.4 Å². The average molecular weight is 263 g/mol. The molecule has 4 nitrogen and oxygen atoms in total. The zero-order valence-electron chi connectivity index (χ0n) is 11.6. The number of hydrogen-bond donors (Lipinski definition) is 1. The fourth-order valence-electron chi connectivity index (χ4n) is 2.19. The Morgan fingerprint density at radius 3 is 2.79 bits per heavy atom. The van der Waals surface area contributed by atoms with Crippen LogP contribution in [0.15, 0.2) is 18.2 Å². The average Bonchev–Trinajstić information content (AvgIpc) is 2.90. The summed E-state index contributed by atoms with van der Waals surface area (Å²) in [5.41, 5.74) is 4.60. The van der Waals surface area contributed by atoms with E-state index in [-0.39, 0.29) is 18.6 Å². The lowest BCUT2D eigenvalue weighted by atomic mass is 10.1. The van der Waals surface area contributed by atoms with E-state index in [1.165, 1.54) is 12.8 Å². The maximum absolute atomic E-state index is 11.6. The van der Waals surface area contributed by atoms with Crippen LogP contribution in [0.3, 0.4) is 0 Å². The van der Waals surface area contributed by atoms with Gasteiger partial charge in [0.2, 0.25) is 0 Å². The number of amides is 1. The summed E-state index contributed by atoms with van der Waals surface area (Å²) in [6, 6.07) is 5.93. The van der Waals surface area contributed by atoms with E-state index in [1.54, 1.807) is 0 Å². The molecule has 0 bridgehead atoms. The first kappa shape index (κ1) is 13.9. The van der Waals surface area contributed by atoms with Crippen LogP contribution < -0.4 is 10.2 Å². The van der Waals surface area contributed by atoms with E-state index in [1.807, 2.05) is 32.0 Å². The molecule has 0 saturated heterocycles. The van der Waals surface area contributed by atoms with Gasteiger partial charge in [-0.2, -0.15) is 0 Å². The third kappa shape index (κ3) is 4.24. The van der Waals surface area contributed by atoms with Crippen LogP contribution >= 0.6 is 0 Å². The van der Waals surface area contributed by atoms with Gasteiger partial charge >= 0.3 is 0 Å². The van der Waals surface area contributed by atoms with Gasteiger partial charge in [-0.3, -0.25) is 9.63 Å². The number of aryl methyl sites for hydroxylation is 2. The molecule has 1 amide bonds. The Morgan fingerprint density at radius 1 is 1.32 bits per heavy atom. The van der Waals surface area contributed by atoms with E-state index < -0.39 is 0 Å². The van der Waals surface area contributed by atoms with Crippen molar-refractivity contribution in [3.8, 4) is 5.75 Å². The molecule has 0 aromatic heterocycles. The number of carbonyl (C=O) groups excluding carboxylic acids is 1. The highest BCUT2D eigenvalue weighted by molar-refractivity contribution is 5.76. The zero-order chi connectivity index (χ0) is 13.7. The van der Waals surface area contributed by atoms with Crippen molar-refractivity contribution in [2.45, 2.75) is 45.6 Å². The number of ether oxygens (including phenoxy) is 1. The summed E-state index contributed by atoms with van der Waals surface area (Å²) in [6.07, 6.45) is 4.58. The maximum Gasteiger partial charge on any atom is 0.281 e. The Hall–Kier alpha value is -1.55. The molecule has 0 heterocycles. The molecule has 1 aliphatic rings. The van der Waals surface area contributed by atoms with Crippen LogP contribution in [0.1, 0.15) is 36.8 Å². The normalized spacial score (nSPS) is 15.5. The number of nitrogens with one attached hydrogen (secondary N) is 1. The lowest BCUT2D eigenvalue weighted by Gasteiger charge is -2.13. The Labute approximate surface area is 114 Å². The number of carbonyl (C=O) groups is 1. The minimum atomic E-state index is -0.243. The van der Waals surface area contributed by atoms with Gasteiger partial charge in [0.25, 0.3) is 5.91 Å². The molecule has 0 atom stereocenters. The smallest absolute Gasteiger partial charge is 0.281 e. The van der Waals surface area contributed by atoms with Gasteiger partial charge in [-0.15, -0.1) is 0 Å². The van der Waals surface area contributed by atoms with E-state index >= 15 is 0 Å². The lowest BCUT2D eigenvalue weighted by molar-refractivity contribution is -0.140. The van der Waals surface area contributed by atoms with Crippen molar-refractivity contribution in [3.05, 3.63) is 29.3 Å². The highest BCUT2D eigenvalue weighted by Crippen LogP contribution is 2.20. The van der Waals surface area contributed by atoms with Crippen molar-refractivity contribution in [2.24, 2.45) is 0 Å². The van der Waals surface area contributed by atoms with Gasteiger partial charge in [0.05, 0.1) is 6.10 Å². The van der Waals surface area contributed by atoms with E-state index in [0.717, 1.165) is 29.7 Å². The van der Waals surface area contributed by atoms with Crippen LogP contribution in [0.25, 0.3) is 0 Å². The highest BCUT2D eigenvalue weighted by Gasteiger charge is 2.17. The molecule has 0 spiro atoms. The monoisotopic (exact) mass is 263 g/mol. The maximum atomic E-state index is 11.6. The Kier molecular flexibility index (Phi) is 4.80. The molecule has 1 N–H and O–H groups in total. The lowest BCUT2D eigenvalue weighted by Crippen LogP contribution is -2.32. The summed E-state index contributed by atoms with van der Waals surface area (Å²) in [7, 11) is 0. The topological polar surface area (TPSA) is 47.6 Å². The van der Waals surface area contributed by atoms with Crippen molar-refractivity contribution in [2.75, 3.05) is 6.61 Å². The molecule has 1 saturated carbocycles. The molecule has 104 valence electrons. The second-order valence-corrected chi connectivity index (χ2v) is 5.11. The summed E-state index contributed by atoms with van der Waals surface area (Å²) in [5.74, 6) is 0.504. The molecule has 1 aromatic carbocycles. The van der Waals surface area contributed by atoms with E-state index in [2.05, 4.69) is 5.48 Å². The van der Waals surface area contributed by atoms with Gasteiger partial charge in [-0.25, -0.2) is 5.48 Å². The Bertz CT molecular complexity index is 439. The first-order chi connectivity index (χ1) is 9.15. The molecule has 4 heteroatoms. The quantitative estimate of drug-likeness (QED) is 0.831. The van der Waals surface area contributed by atoms with Gasteiger partial charge in [0.1, 0.15) is 5.75 Å². The number of rotatable bonds is 5. The number of benzene rings is 1. The van der Waals surface area contributed by atoms with E-state index in [9.17, 15) is 4.79 Å². The predicted molar refractivity (Wildman–Crippen MR) is 72.9 cm³/mol. The second kappa shape index (κ2) is 6.57. The zero-order valence-corrected chi connectivity index (χ0v) is 11.6. The Balaban J connectivity index is 1.74. The fraction of sp³-hybridized carbons (Fsp3) is 0.533. The third-order valence-corrected chi connectivity index (χ3v) is 3.34. The summed E-state index contributed by atoms with van der Waals surface area (Å²) >= 11 is 0. The second-order valence-electron chi connectivity index (χ2n) is 5.11. The summed E-state index contributed by atoms with van der Waals surface area (Å²) in [6.45, 7) is 3.94. The minimum absolute atomic E-state index is 0.0169. The van der Waals surface area contributed by atoms with Crippen LogP contribution in [0.4, 0.5) is 0 Å². The van der Waals surface area contributed by atoms with Gasteiger partial charge in [0, 0.05) is 0 Å². The van der Waals surface area contributed by atoms with Crippen molar-refractivity contribution in [3.63, 3.8) is 0 Å². The molecule has 1 aromatic rings. The Morgan fingerprint density at radius 2 is 2.05 bits per heavy atom. The van der Waals surface area contributed by atoms with Gasteiger partial charge in [0.15, 0.2) is 6.61 Å². The first-order valence-corrected chi connectivity index (χ1v) is 6.79. The largest absolute Gasteiger partial charge is 0.483 e. The fourth-order valence-corrected chi connectivity index (χ4v) is 2.19. The highest BCUT2D eigenvalue weighted by atomic mass is 16.7. The van der Waals surface area contributed by atoms with Crippen LogP contribution in [-0.4, -0.2) is 18.6 Å². The van der Waals surface area contributed by atoms with Crippen molar-refractivity contribution in [1.29, 1.82) is 0 Å². The molecular formula is C15H21NO3. The molecule has 19 heavy (non-hydrogen) atoms. The number of hydroxylamine groups is 1. The summed E-state index contributed by atoms with van der Waals surface area (Å²) in [5, 5.41) is 0. The predicted octanol–water partition coefficient (Wildman–Crippen LogP) is 2.67. The molecular weight excluding hydrogens is 242 g/mol. The molecule has 1 aliphatic carbocycles. The van der Waals surface area contributed by atoms with Crippen LogP contribution in [0.2, 0.25) is 0 Å². The van der Waals surface area contributed by atoms with Crippen LogP contribution in [0.5, 0.6) is 5.75 Å².